The smallest absolute Gasteiger partial charge is 0.182 e. The number of sulfone groups is 1. The average molecular weight is 485 g/mol. The molecule has 0 spiro atoms. The summed E-state index contributed by atoms with van der Waals surface area (Å²) in [5, 5.41) is 1.10. The molecule has 178 valence electrons. The van der Waals surface area contributed by atoms with Crippen molar-refractivity contribution in [2.75, 3.05) is 26.2 Å². The van der Waals surface area contributed by atoms with E-state index in [2.05, 4.69) is 44.2 Å². The van der Waals surface area contributed by atoms with E-state index in [1.807, 2.05) is 55.0 Å². The maximum absolute atomic E-state index is 13.3. The molecule has 1 saturated heterocycles. The molecule has 2 aromatic heterocycles. The number of rotatable bonds is 3. The minimum absolute atomic E-state index is 0. The van der Waals surface area contributed by atoms with E-state index >= 15 is 0 Å². The highest BCUT2D eigenvalue weighted by Crippen LogP contribution is 2.40. The lowest BCUT2D eigenvalue weighted by atomic mass is 9.93. The summed E-state index contributed by atoms with van der Waals surface area (Å²) in [5.41, 5.74) is 8.94. The van der Waals surface area contributed by atoms with Crippen LogP contribution in [0.2, 0.25) is 0 Å². The predicted octanol–water partition coefficient (Wildman–Crippen LogP) is 4.63. The zero-order chi connectivity index (χ0) is 24.0. The van der Waals surface area contributed by atoms with Crippen LogP contribution in [-0.2, 0) is 15.6 Å². The zero-order valence-corrected chi connectivity index (χ0v) is 20.1. The van der Waals surface area contributed by atoms with Gasteiger partial charge in [0.05, 0.1) is 34.1 Å². The monoisotopic (exact) mass is 484 g/mol. The molecule has 2 aliphatic rings. The molecule has 1 unspecified atom stereocenters. The van der Waals surface area contributed by atoms with Crippen LogP contribution >= 0.6 is 0 Å². The Morgan fingerprint density at radius 2 is 1.74 bits per heavy atom. The summed E-state index contributed by atoms with van der Waals surface area (Å²) in [7, 11) is -3.41. The number of hydrogen-bond donors (Lipinski definition) is 1. The number of pyridine rings is 1. The third-order valence-corrected chi connectivity index (χ3v) is 8.87. The molecule has 35 heavy (non-hydrogen) atoms. The van der Waals surface area contributed by atoms with Gasteiger partial charge in [-0.2, -0.15) is 0 Å². The van der Waals surface area contributed by atoms with Gasteiger partial charge in [-0.1, -0.05) is 49.0 Å². The fourth-order valence-electron chi connectivity index (χ4n) is 5.52. The summed E-state index contributed by atoms with van der Waals surface area (Å²) in [6.45, 7) is 7.12. The number of nitrogens with one attached hydrogen (secondary N) is 1. The molecule has 1 atom stereocenters. The number of benzene rings is 2. The Balaban J connectivity index is 0.00000267. The first kappa shape index (κ1) is 21.9. The lowest BCUT2D eigenvalue weighted by Gasteiger charge is -2.41. The number of nitrogens with zero attached hydrogens (tertiary/aromatic N) is 3. The first-order valence-corrected chi connectivity index (χ1v) is 13.4. The Morgan fingerprint density at radius 1 is 1.00 bits per heavy atom. The van der Waals surface area contributed by atoms with Gasteiger partial charge in [0.15, 0.2) is 9.84 Å². The second-order valence-corrected chi connectivity index (χ2v) is 11.0. The van der Waals surface area contributed by atoms with Crippen molar-refractivity contribution >= 4 is 26.4 Å². The summed E-state index contributed by atoms with van der Waals surface area (Å²) in [6, 6.07) is 17.4. The first-order chi connectivity index (χ1) is 17.1. The molecule has 0 amide bonds. The minimum atomic E-state index is -3.41. The SMILES string of the molecule is C=C=C(c1cncc2[nH]ccc12)N1CCN(C2c3ccccc3CS(=O)(=O)c3ccccc32)CC1.[HH]. The molecule has 1 N–H and O–H groups in total. The standard InChI is InChI=1S/C28H26N4O2S.H2/c1-2-26(24-17-29-18-25-22(24)11-12-30-25)31-13-15-32(16-14-31)28-21-8-4-3-7-20(21)19-35(33,34)27-10-6-5-9-23(27)28;/h3-12,17-18,28,30H,1,13-16,19H2;1H. The van der Waals surface area contributed by atoms with Gasteiger partial charge < -0.3 is 9.88 Å². The van der Waals surface area contributed by atoms with E-state index in [1.165, 1.54) is 0 Å². The van der Waals surface area contributed by atoms with Gasteiger partial charge in [0.25, 0.3) is 0 Å². The van der Waals surface area contributed by atoms with Crippen molar-refractivity contribution in [2.45, 2.75) is 16.7 Å². The summed E-state index contributed by atoms with van der Waals surface area (Å²) in [5.74, 6) is 0.0354. The van der Waals surface area contributed by atoms with Gasteiger partial charge >= 0.3 is 0 Å². The highest BCUT2D eigenvalue weighted by atomic mass is 32.2. The van der Waals surface area contributed by atoms with Crippen molar-refractivity contribution in [3.05, 3.63) is 108 Å². The van der Waals surface area contributed by atoms with E-state index in [-0.39, 0.29) is 13.2 Å². The summed E-state index contributed by atoms with van der Waals surface area (Å²) >= 11 is 0. The van der Waals surface area contributed by atoms with Crippen molar-refractivity contribution in [3.63, 3.8) is 0 Å². The number of aromatic nitrogens is 2. The molecule has 6 nitrogen and oxygen atoms in total. The van der Waals surface area contributed by atoms with Gasteiger partial charge in [-0.05, 0) is 28.8 Å². The molecule has 1 fully saturated rings. The third kappa shape index (κ3) is 3.69. The molecule has 0 bridgehead atoms. The van der Waals surface area contributed by atoms with Crippen molar-refractivity contribution in [2.24, 2.45) is 0 Å². The maximum atomic E-state index is 13.3. The van der Waals surface area contributed by atoms with E-state index in [1.54, 1.807) is 6.07 Å². The molecule has 2 aromatic carbocycles. The molecule has 2 aliphatic heterocycles. The summed E-state index contributed by atoms with van der Waals surface area (Å²) in [4.78, 5) is 12.8. The molecule has 6 rings (SSSR count). The van der Waals surface area contributed by atoms with Gasteiger partial charge in [0.1, 0.15) is 0 Å². The fraction of sp³-hybridized carbons (Fsp3) is 0.214. The Hall–Kier alpha value is -3.64. The molecule has 4 heterocycles. The van der Waals surface area contributed by atoms with Gasteiger partial charge in [-0.15, -0.1) is 5.73 Å². The fourth-order valence-corrected chi connectivity index (χ4v) is 7.17. The van der Waals surface area contributed by atoms with Gasteiger partial charge in [-0.25, -0.2) is 8.42 Å². The second-order valence-electron chi connectivity index (χ2n) is 9.07. The highest BCUT2D eigenvalue weighted by molar-refractivity contribution is 7.90. The van der Waals surface area contributed by atoms with Crippen LogP contribution in [0, 0.1) is 0 Å². The quantitative estimate of drug-likeness (QED) is 0.430. The van der Waals surface area contributed by atoms with E-state index in [9.17, 15) is 8.42 Å². The Kier molecular flexibility index (Phi) is 5.33. The molecule has 0 radical (unpaired) electrons. The molecule has 7 heteroatoms. The van der Waals surface area contributed by atoms with Crippen molar-refractivity contribution in [1.29, 1.82) is 0 Å². The topological polar surface area (TPSA) is 69.3 Å². The number of fused-ring (bicyclic) bond motifs is 3. The lowest BCUT2D eigenvalue weighted by molar-refractivity contribution is 0.144. The number of H-pyrrole nitrogens is 1. The Morgan fingerprint density at radius 3 is 2.54 bits per heavy atom. The van der Waals surface area contributed by atoms with E-state index in [0.29, 0.717) is 4.90 Å². The molecular weight excluding hydrogens is 456 g/mol. The average Bonchev–Trinajstić information content (AvgIpc) is 3.33. The molecular formula is C28H28N4O2S. The van der Waals surface area contributed by atoms with Crippen LogP contribution in [0.15, 0.2) is 90.4 Å². The number of piperazine rings is 1. The van der Waals surface area contributed by atoms with Crippen LogP contribution in [0.3, 0.4) is 0 Å². The van der Waals surface area contributed by atoms with Crippen molar-refractivity contribution in [3.8, 4) is 0 Å². The number of hydrogen-bond acceptors (Lipinski definition) is 5. The van der Waals surface area contributed by atoms with Crippen molar-refractivity contribution < 1.29 is 9.84 Å². The zero-order valence-electron chi connectivity index (χ0n) is 19.3. The van der Waals surface area contributed by atoms with Gasteiger partial charge in [-0.3, -0.25) is 9.88 Å². The summed E-state index contributed by atoms with van der Waals surface area (Å²) < 4.78 is 26.5. The van der Waals surface area contributed by atoms with Crippen LogP contribution in [0.5, 0.6) is 0 Å². The lowest BCUT2D eigenvalue weighted by Crippen LogP contribution is -2.47. The van der Waals surface area contributed by atoms with Crippen LogP contribution in [0.1, 0.15) is 29.7 Å². The minimum Gasteiger partial charge on any atom is -0.362 e. The normalized spacial score (nSPS) is 19.4. The predicted molar refractivity (Wildman–Crippen MR) is 140 cm³/mol. The van der Waals surface area contributed by atoms with Gasteiger partial charge in [0.2, 0.25) is 0 Å². The highest BCUT2D eigenvalue weighted by Gasteiger charge is 2.35. The molecule has 0 saturated carbocycles. The van der Waals surface area contributed by atoms with E-state index in [4.69, 9.17) is 0 Å². The Bertz CT molecular complexity index is 1580. The van der Waals surface area contributed by atoms with Crippen LogP contribution in [-0.4, -0.2) is 54.4 Å². The second kappa shape index (κ2) is 8.54. The van der Waals surface area contributed by atoms with E-state index in [0.717, 1.165) is 65.0 Å². The third-order valence-electron chi connectivity index (χ3n) is 7.14. The van der Waals surface area contributed by atoms with Crippen LogP contribution < -0.4 is 0 Å². The summed E-state index contributed by atoms with van der Waals surface area (Å²) in [6.07, 6.45) is 5.62. The van der Waals surface area contributed by atoms with Crippen molar-refractivity contribution in [1.82, 2.24) is 19.8 Å². The van der Waals surface area contributed by atoms with Crippen LogP contribution in [0.4, 0.5) is 0 Å². The largest absolute Gasteiger partial charge is 0.362 e. The molecule has 4 aromatic rings. The molecule has 0 aliphatic carbocycles. The Labute approximate surface area is 206 Å². The number of aromatic amines is 1. The van der Waals surface area contributed by atoms with Crippen LogP contribution in [0.25, 0.3) is 16.6 Å². The van der Waals surface area contributed by atoms with E-state index < -0.39 is 9.84 Å². The van der Waals surface area contributed by atoms with Gasteiger partial charge in [0, 0.05) is 50.9 Å². The first-order valence-electron chi connectivity index (χ1n) is 11.8. The maximum Gasteiger partial charge on any atom is 0.182 e.